The van der Waals surface area contributed by atoms with E-state index in [0.717, 1.165) is 12.1 Å². The van der Waals surface area contributed by atoms with E-state index in [1.54, 1.807) is 0 Å². The maximum Gasteiger partial charge on any atom is 0.563 e. The van der Waals surface area contributed by atoms with Crippen LogP contribution >= 0.6 is 31.6 Å². The van der Waals surface area contributed by atoms with Gasteiger partial charge in [-0.2, -0.15) is 8.15 Å². The van der Waals surface area contributed by atoms with E-state index in [-0.39, 0.29) is 5.75 Å². The Labute approximate surface area is 89.4 Å². The van der Waals surface area contributed by atoms with Crippen LogP contribution in [0.1, 0.15) is 0 Å². The summed E-state index contributed by atoms with van der Waals surface area (Å²) in [4.78, 5) is 0. The summed E-state index contributed by atoms with van der Waals surface area (Å²) in [7, 11) is -4.01. The summed E-state index contributed by atoms with van der Waals surface area (Å²) in [5.74, 6) is -0.415. The van der Waals surface area contributed by atoms with Crippen LogP contribution in [-0.2, 0) is 12.7 Å². The molecule has 0 saturated carbocycles. The van der Waals surface area contributed by atoms with Crippen molar-refractivity contribution in [2.75, 3.05) is 0 Å². The molecule has 1 aromatic rings. The number of benzene rings is 1. The van der Waals surface area contributed by atoms with Gasteiger partial charge in [-0.25, -0.2) is 8.96 Å². The molecule has 0 radical (unpaired) electrons. The van der Waals surface area contributed by atoms with Crippen molar-refractivity contribution in [3.05, 3.63) is 30.1 Å². The maximum atomic E-state index is 12.4. The van der Waals surface area contributed by atoms with E-state index in [0.29, 0.717) is 0 Å². The zero-order valence-corrected chi connectivity index (χ0v) is 8.93. The minimum absolute atomic E-state index is 0.0519. The first-order valence-electron chi connectivity index (χ1n) is 3.25. The average Bonchev–Trinajstić information content (AvgIpc) is 2.21. The topological polar surface area (TPSA) is 44.8 Å². The largest absolute Gasteiger partial charge is 0.563 e. The summed E-state index contributed by atoms with van der Waals surface area (Å²) in [5, 5.41) is 0. The summed E-state index contributed by atoms with van der Waals surface area (Å²) in [6, 6.07) is 4.63. The molecule has 1 rings (SSSR count). The number of hydrogen-bond acceptors (Lipinski definition) is 4. The van der Waals surface area contributed by atoms with Crippen molar-refractivity contribution in [2.45, 2.75) is 0 Å². The average molecular weight is 261 g/mol. The molecule has 0 N–H and O–H groups in total. The predicted molar refractivity (Wildman–Crippen MR) is 48.5 cm³/mol. The molecule has 0 unspecified atom stereocenters. The summed E-state index contributed by atoms with van der Waals surface area (Å²) >= 11 is 9.64. The van der Waals surface area contributed by atoms with Gasteiger partial charge in [0, 0.05) is 0 Å². The fourth-order valence-corrected chi connectivity index (χ4v) is 1.55. The first kappa shape index (κ1) is 11.8. The van der Waals surface area contributed by atoms with Gasteiger partial charge in [0.2, 0.25) is 0 Å². The second-order valence-corrected chi connectivity index (χ2v) is 4.31. The van der Waals surface area contributed by atoms with Crippen molar-refractivity contribution in [3.8, 4) is 5.75 Å². The first-order chi connectivity index (χ1) is 6.59. The number of hydrogen-bond donors (Lipinski definition) is 0. The molecule has 4 nitrogen and oxygen atoms in total. The third-order valence-electron chi connectivity index (χ3n) is 1.20. The molecule has 0 aliphatic carbocycles. The molecule has 0 aliphatic heterocycles. The van der Waals surface area contributed by atoms with Crippen molar-refractivity contribution in [2.24, 2.45) is 0 Å². The second-order valence-electron chi connectivity index (χ2n) is 2.13. The highest BCUT2D eigenvalue weighted by Gasteiger charge is 2.28. The Bertz CT molecular complexity index is 336. The van der Waals surface area contributed by atoms with E-state index in [1.807, 2.05) is 0 Å². The van der Waals surface area contributed by atoms with Gasteiger partial charge in [-0.1, -0.05) is 0 Å². The lowest BCUT2D eigenvalue weighted by Gasteiger charge is -2.09. The lowest BCUT2D eigenvalue weighted by atomic mass is 10.3. The molecule has 0 aliphatic rings. The van der Waals surface area contributed by atoms with Crippen LogP contribution in [0, 0.1) is 5.82 Å². The van der Waals surface area contributed by atoms with Crippen LogP contribution in [-0.4, -0.2) is 0 Å². The van der Waals surface area contributed by atoms with Crippen LogP contribution in [0.4, 0.5) is 4.39 Å². The number of halogens is 3. The van der Waals surface area contributed by atoms with Gasteiger partial charge in [-0.05, 0) is 24.3 Å². The van der Waals surface area contributed by atoms with Crippen molar-refractivity contribution >= 4 is 31.6 Å². The Kier molecular flexibility index (Phi) is 4.16. The predicted octanol–water partition coefficient (Wildman–Crippen LogP) is 3.65. The molecule has 0 atom stereocenters. The smallest absolute Gasteiger partial charge is 0.402 e. The summed E-state index contributed by atoms with van der Waals surface area (Å²) < 4.78 is 36.0. The molecule has 0 saturated heterocycles. The third kappa shape index (κ3) is 3.12. The van der Waals surface area contributed by atoms with E-state index in [1.165, 1.54) is 12.1 Å². The highest BCUT2D eigenvalue weighted by Crippen LogP contribution is 2.51. The van der Waals surface area contributed by atoms with Gasteiger partial charge in [-0.15, -0.1) is 0 Å². The summed E-state index contributed by atoms with van der Waals surface area (Å²) in [5.41, 5.74) is 0. The Morgan fingerprint density at radius 2 is 1.64 bits per heavy atom. The standard InChI is InChI=1S/C6H4Cl2FO4P/c7-12-14(10,13-8)11-6-3-1-5(9)2-4-6/h1-4H. The fraction of sp³-hybridized carbons (Fsp3) is 0. The molecule has 0 aromatic heterocycles. The summed E-state index contributed by atoms with van der Waals surface area (Å²) in [6.45, 7) is 0. The van der Waals surface area contributed by atoms with Crippen LogP contribution in [0.3, 0.4) is 0 Å². The van der Waals surface area contributed by atoms with Gasteiger partial charge in [0.25, 0.3) is 0 Å². The van der Waals surface area contributed by atoms with Crippen molar-refractivity contribution < 1.29 is 21.6 Å². The number of phosphoric acid groups is 1. The Morgan fingerprint density at radius 3 is 2.07 bits per heavy atom. The first-order valence-corrected chi connectivity index (χ1v) is 5.33. The van der Waals surface area contributed by atoms with E-state index in [2.05, 4.69) is 12.7 Å². The van der Waals surface area contributed by atoms with Gasteiger partial charge in [0.1, 0.15) is 11.6 Å². The zero-order valence-electron chi connectivity index (χ0n) is 6.52. The molecule has 0 amide bonds. The van der Waals surface area contributed by atoms with Crippen LogP contribution < -0.4 is 4.52 Å². The Balaban J connectivity index is 2.78. The van der Waals surface area contributed by atoms with Gasteiger partial charge >= 0.3 is 7.82 Å². The highest BCUT2D eigenvalue weighted by molar-refractivity contribution is 7.50. The van der Waals surface area contributed by atoms with Crippen LogP contribution in [0.25, 0.3) is 0 Å². The molecule has 8 heteroatoms. The normalized spacial score (nSPS) is 11.4. The second kappa shape index (κ2) is 4.96. The van der Waals surface area contributed by atoms with E-state index >= 15 is 0 Å². The molecule has 0 fully saturated rings. The Hall–Kier alpha value is -0.320. The van der Waals surface area contributed by atoms with Gasteiger partial charge in [-0.3, -0.25) is 0 Å². The third-order valence-corrected chi connectivity index (χ3v) is 2.99. The summed E-state index contributed by atoms with van der Waals surface area (Å²) in [6.07, 6.45) is 0. The lowest BCUT2D eigenvalue weighted by molar-refractivity contribution is 0.318. The maximum absolute atomic E-state index is 12.4. The van der Waals surface area contributed by atoms with Crippen molar-refractivity contribution in [1.29, 1.82) is 0 Å². The monoisotopic (exact) mass is 260 g/mol. The quantitative estimate of drug-likeness (QED) is 0.776. The van der Waals surface area contributed by atoms with Gasteiger partial charge in [0.15, 0.2) is 0 Å². The molecular formula is C6H4Cl2FO4P. The van der Waals surface area contributed by atoms with E-state index in [4.69, 9.17) is 23.7 Å². The zero-order chi connectivity index (χ0) is 10.6. The van der Waals surface area contributed by atoms with Crippen LogP contribution in [0.2, 0.25) is 0 Å². The van der Waals surface area contributed by atoms with Gasteiger partial charge < -0.3 is 4.52 Å². The van der Waals surface area contributed by atoms with E-state index in [9.17, 15) is 8.96 Å². The Morgan fingerprint density at radius 1 is 1.14 bits per heavy atom. The highest BCUT2D eigenvalue weighted by atomic mass is 35.5. The van der Waals surface area contributed by atoms with Crippen LogP contribution in [0.5, 0.6) is 5.75 Å². The van der Waals surface area contributed by atoms with Gasteiger partial charge in [0.05, 0.1) is 23.7 Å². The molecular weight excluding hydrogens is 257 g/mol. The molecule has 0 bridgehead atoms. The fourth-order valence-electron chi connectivity index (χ4n) is 0.663. The molecule has 78 valence electrons. The molecule has 0 heterocycles. The SMILES string of the molecule is O=P(OCl)(OCl)Oc1ccc(F)cc1. The van der Waals surface area contributed by atoms with Crippen molar-refractivity contribution in [3.63, 3.8) is 0 Å². The van der Waals surface area contributed by atoms with Crippen molar-refractivity contribution in [1.82, 2.24) is 0 Å². The minimum Gasteiger partial charge on any atom is -0.402 e. The van der Waals surface area contributed by atoms with E-state index < -0.39 is 13.6 Å². The molecule has 14 heavy (non-hydrogen) atoms. The molecule has 0 spiro atoms. The lowest BCUT2D eigenvalue weighted by Crippen LogP contribution is -1.92. The number of rotatable bonds is 4. The minimum atomic E-state index is -4.01. The van der Waals surface area contributed by atoms with Crippen LogP contribution in [0.15, 0.2) is 24.3 Å². The molecule has 1 aromatic carbocycles.